The summed E-state index contributed by atoms with van der Waals surface area (Å²) in [6.45, 7) is 1.65. The van der Waals surface area contributed by atoms with Gasteiger partial charge in [-0.05, 0) is 76.0 Å². The molecule has 0 aromatic carbocycles. The quantitative estimate of drug-likeness (QED) is 0.650. The smallest absolute Gasteiger partial charge is 0.668 e. The van der Waals surface area contributed by atoms with Crippen molar-refractivity contribution >= 4 is 0 Å². The van der Waals surface area contributed by atoms with E-state index in [2.05, 4.69) is 36.3 Å². The molecule has 0 heterocycles. The summed E-state index contributed by atoms with van der Waals surface area (Å²) in [6, 6.07) is 0. The van der Waals surface area contributed by atoms with Gasteiger partial charge in [-0.25, -0.2) is 0 Å². The van der Waals surface area contributed by atoms with Gasteiger partial charge in [-0.1, -0.05) is 0 Å². The molecule has 0 aromatic heterocycles. The third-order valence-corrected chi connectivity index (χ3v) is 2.65. The van der Waals surface area contributed by atoms with Crippen LogP contribution in [0.3, 0.4) is 0 Å². The zero-order valence-corrected chi connectivity index (χ0v) is 18.2. The molecule has 5 heteroatoms. The Kier molecular flexibility index (Phi) is 32.4. The van der Waals surface area contributed by atoms with E-state index in [9.17, 15) is 0 Å². The van der Waals surface area contributed by atoms with Gasteiger partial charge in [0.1, 0.15) is 0 Å². The molecule has 2 saturated carbocycles. The minimum atomic E-state index is 0. The number of ether oxygens (including phenoxy) is 2. The molecule has 2 fully saturated rings. The molecular weight excluding hydrogens is 348 g/mol. The Morgan fingerprint density at radius 3 is 1.08 bits per heavy atom. The van der Waals surface area contributed by atoms with E-state index >= 15 is 0 Å². The van der Waals surface area contributed by atoms with E-state index in [1.165, 1.54) is 11.8 Å². The van der Waals surface area contributed by atoms with Gasteiger partial charge in [0.15, 0.2) is 0 Å². The molecule has 2 rings (SSSR count). The third kappa shape index (κ3) is 24.6. The molecule has 0 N–H and O–H groups in total. The van der Waals surface area contributed by atoms with Crippen LogP contribution in [0.5, 0.6) is 0 Å². The Balaban J connectivity index is -0.000000287. The Hall–Kier alpha value is 0.554. The van der Waals surface area contributed by atoms with Crippen LogP contribution in [0.2, 0.25) is 0 Å². The van der Waals surface area contributed by atoms with Crippen LogP contribution in [-0.4, -0.2) is 55.6 Å². The molecule has 0 atom stereocenters. The molecule has 0 bridgehead atoms. The first-order valence-electron chi connectivity index (χ1n) is 8.04. The van der Waals surface area contributed by atoms with Gasteiger partial charge in [0, 0.05) is 27.4 Å². The summed E-state index contributed by atoms with van der Waals surface area (Å²) in [6.07, 6.45) is 18.7. The van der Waals surface area contributed by atoms with E-state index < -0.39 is 0 Å². The molecule has 138 valence electrons. The summed E-state index contributed by atoms with van der Waals surface area (Å²) in [4.78, 5) is 0. The second-order valence-electron chi connectivity index (χ2n) is 4.97. The minimum Gasteiger partial charge on any atom is -0.668 e. The van der Waals surface area contributed by atoms with Crippen molar-refractivity contribution in [2.24, 2.45) is 0 Å². The van der Waals surface area contributed by atoms with Gasteiger partial charge < -0.3 is 20.1 Å². The van der Waals surface area contributed by atoms with E-state index in [1.54, 1.807) is 42.4 Å². The van der Waals surface area contributed by atoms with E-state index in [-0.39, 0.29) is 21.7 Å². The molecule has 10 radical (unpaired) electrons. The van der Waals surface area contributed by atoms with E-state index in [4.69, 9.17) is 9.47 Å². The fourth-order valence-corrected chi connectivity index (χ4v) is 1.60. The normalized spacial score (nSPS) is 16.6. The van der Waals surface area contributed by atoms with Crippen LogP contribution in [0.4, 0.5) is 0 Å². The number of hydrogen-bond donors (Lipinski definition) is 0. The average Bonchev–Trinajstić information content (AvgIpc) is 3.27. The molecule has 2 aliphatic carbocycles. The van der Waals surface area contributed by atoms with Crippen LogP contribution in [0, 0.1) is 63.2 Å². The molecule has 0 saturated heterocycles. The first-order chi connectivity index (χ1) is 11.7. The Morgan fingerprint density at radius 1 is 0.640 bits per heavy atom. The molecule has 0 spiro atoms. The molecule has 25 heavy (non-hydrogen) atoms. The Morgan fingerprint density at radius 2 is 0.880 bits per heavy atom. The van der Waals surface area contributed by atoms with Crippen molar-refractivity contribution in [3.8, 4) is 0 Å². The van der Waals surface area contributed by atoms with Crippen molar-refractivity contribution in [1.29, 1.82) is 0 Å². The third-order valence-electron chi connectivity index (χ3n) is 2.65. The molecule has 0 amide bonds. The van der Waals surface area contributed by atoms with Gasteiger partial charge in [-0.15, -0.1) is 0 Å². The Bertz CT molecular complexity index is 188. The number of methoxy groups -OCH3 is 2. The Labute approximate surface area is 173 Å². The zero-order chi connectivity index (χ0) is 18.5. The maximum Gasteiger partial charge on any atom is 4.00 e. The maximum atomic E-state index is 4.92. The van der Waals surface area contributed by atoms with Crippen molar-refractivity contribution in [1.82, 2.24) is 0 Å². The molecule has 4 nitrogen and oxygen atoms in total. The van der Waals surface area contributed by atoms with E-state index in [0.717, 1.165) is 26.1 Å². The largest absolute Gasteiger partial charge is 4.00 e. The van der Waals surface area contributed by atoms with Crippen LogP contribution < -0.4 is 0 Å². The van der Waals surface area contributed by atoms with Crippen LogP contribution in [0.25, 0.3) is 10.6 Å². The topological polar surface area (TPSA) is 46.7 Å². The minimum absolute atomic E-state index is 0. The van der Waals surface area contributed by atoms with Gasteiger partial charge >= 0.3 is 21.7 Å². The van der Waals surface area contributed by atoms with Crippen molar-refractivity contribution in [2.45, 2.75) is 12.8 Å². The van der Waals surface area contributed by atoms with Gasteiger partial charge in [0.2, 0.25) is 0 Å². The summed E-state index contributed by atoms with van der Waals surface area (Å²) < 4.78 is 9.83. The van der Waals surface area contributed by atoms with Crippen LogP contribution >= 0.6 is 0 Å². The monoisotopic (exact) mass is 382 g/mol. The number of hydrogen-bond acceptors (Lipinski definition) is 2. The van der Waals surface area contributed by atoms with Crippen molar-refractivity contribution in [3.05, 3.63) is 73.8 Å². The second-order valence-corrected chi connectivity index (χ2v) is 4.97. The van der Waals surface area contributed by atoms with Crippen LogP contribution in [0.15, 0.2) is 0 Å². The summed E-state index contributed by atoms with van der Waals surface area (Å²) in [5, 5.41) is 7.00. The number of nitrogens with zero attached hydrogens (tertiary/aromatic N) is 2. The molecule has 0 aromatic rings. The van der Waals surface area contributed by atoms with E-state index in [0.29, 0.717) is 0 Å². The van der Waals surface area contributed by atoms with Crippen LogP contribution in [0.1, 0.15) is 12.8 Å². The van der Waals surface area contributed by atoms with Gasteiger partial charge in [-0.2, -0.15) is 28.2 Å². The fraction of sp³-hybridized carbons (Fsp3) is 0.500. The summed E-state index contributed by atoms with van der Waals surface area (Å²) in [5.74, 6) is 2.72. The van der Waals surface area contributed by atoms with Crippen molar-refractivity contribution in [2.75, 3.05) is 55.6 Å². The van der Waals surface area contributed by atoms with Gasteiger partial charge in [0.05, 0.1) is 0 Å². The molecule has 0 aliphatic heterocycles. The summed E-state index contributed by atoms with van der Waals surface area (Å²) >= 11 is 0. The fourth-order valence-electron chi connectivity index (χ4n) is 1.60. The zero-order valence-electron chi connectivity index (χ0n) is 16.7. The number of rotatable bonds is 6. The van der Waals surface area contributed by atoms with Crippen LogP contribution in [-0.2, 0) is 31.2 Å². The standard InChI is InChI=1S/2C8H11O.2C2H6N.Ti/c2*1-9-7-6-8-4-2-3-5-8;2*1-3-2;/h2*2-5H,6-7H2,1H3;2*1-2H3;/q;;2*-1;+4. The molecule has 0 unspecified atom stereocenters. The van der Waals surface area contributed by atoms with Crippen molar-refractivity contribution in [3.63, 3.8) is 0 Å². The summed E-state index contributed by atoms with van der Waals surface area (Å²) in [5.41, 5.74) is 0. The molecular formula is C20H34N2O2Ti+2. The molecule has 2 aliphatic rings. The predicted molar refractivity (Wildman–Crippen MR) is 104 cm³/mol. The van der Waals surface area contributed by atoms with Gasteiger partial charge in [-0.3, -0.25) is 0 Å². The van der Waals surface area contributed by atoms with E-state index in [1.807, 2.05) is 25.7 Å². The second kappa shape index (κ2) is 26.8. The van der Waals surface area contributed by atoms with Gasteiger partial charge in [0.25, 0.3) is 0 Å². The van der Waals surface area contributed by atoms with Crippen molar-refractivity contribution < 1.29 is 31.2 Å². The average molecular weight is 382 g/mol. The predicted octanol–water partition coefficient (Wildman–Crippen LogP) is 4.09. The maximum absolute atomic E-state index is 4.92. The SMILES string of the molecule is COCC[C]1[CH][CH][CH][CH]1.COCC[C]1[CH][CH][CH][CH]1.C[N-]C.C[N-]C.[Ti+4]. The first-order valence-corrected chi connectivity index (χ1v) is 8.04. The summed E-state index contributed by atoms with van der Waals surface area (Å²) in [7, 11) is 10.5. The first kappa shape index (κ1) is 30.3.